The molecule has 1 atom stereocenters. The Morgan fingerprint density at radius 3 is 2.81 bits per heavy atom. The van der Waals surface area contributed by atoms with E-state index < -0.39 is 11.6 Å². The van der Waals surface area contributed by atoms with Crippen molar-refractivity contribution in [2.45, 2.75) is 38.1 Å². The van der Waals surface area contributed by atoms with E-state index in [2.05, 4.69) is 5.32 Å². The smallest absolute Gasteiger partial charge is 0.162 e. The van der Waals surface area contributed by atoms with Crippen molar-refractivity contribution in [1.82, 2.24) is 5.32 Å². The van der Waals surface area contributed by atoms with Gasteiger partial charge in [0, 0.05) is 6.04 Å². The second-order valence-electron chi connectivity index (χ2n) is 4.56. The predicted molar refractivity (Wildman–Crippen MR) is 60.4 cm³/mol. The van der Waals surface area contributed by atoms with Crippen molar-refractivity contribution in [3.8, 4) is 0 Å². The van der Waals surface area contributed by atoms with Crippen LogP contribution in [-0.2, 0) is 0 Å². The topological polar surface area (TPSA) is 12.0 Å². The number of nitrogens with one attached hydrogen (secondary N) is 1. The zero-order valence-corrected chi connectivity index (χ0v) is 9.47. The first kappa shape index (κ1) is 11.5. The summed E-state index contributed by atoms with van der Waals surface area (Å²) in [5.74, 6) is -1.39. The average molecular weight is 225 g/mol. The highest BCUT2D eigenvalue weighted by Gasteiger charge is 2.20. The quantitative estimate of drug-likeness (QED) is 0.811. The largest absolute Gasteiger partial charge is 0.314 e. The van der Waals surface area contributed by atoms with Gasteiger partial charge in [0.15, 0.2) is 11.6 Å². The molecule has 88 valence electrons. The molecular weight excluding hydrogens is 208 g/mol. The van der Waals surface area contributed by atoms with Crippen molar-refractivity contribution in [3.63, 3.8) is 0 Å². The summed E-state index contributed by atoms with van der Waals surface area (Å²) in [6, 6.07) is 5.07. The van der Waals surface area contributed by atoms with Crippen molar-refractivity contribution in [2.24, 2.45) is 0 Å². The molecule has 1 N–H and O–H groups in total. The second-order valence-corrected chi connectivity index (χ2v) is 4.56. The van der Waals surface area contributed by atoms with Gasteiger partial charge in [0.25, 0.3) is 0 Å². The normalized spacial score (nSPS) is 17.4. The predicted octanol–water partition coefficient (Wildman–Crippen LogP) is 3.21. The third-order valence-electron chi connectivity index (χ3n) is 3.10. The Balaban J connectivity index is 1.91. The van der Waals surface area contributed by atoms with Gasteiger partial charge < -0.3 is 5.32 Å². The molecule has 0 heterocycles. The van der Waals surface area contributed by atoms with Crippen LogP contribution in [0.3, 0.4) is 0 Å². The first-order valence-electron chi connectivity index (χ1n) is 5.85. The van der Waals surface area contributed by atoms with Gasteiger partial charge in [-0.1, -0.05) is 19.1 Å². The van der Waals surface area contributed by atoms with Gasteiger partial charge in [-0.15, -0.1) is 0 Å². The van der Waals surface area contributed by atoms with Gasteiger partial charge in [-0.25, -0.2) is 8.78 Å². The molecule has 1 unspecified atom stereocenters. The SMILES string of the molecule is CC(CCNC1CC1)c1cccc(F)c1F. The van der Waals surface area contributed by atoms with Crippen LogP contribution in [0.1, 0.15) is 37.7 Å². The Morgan fingerprint density at radius 1 is 1.38 bits per heavy atom. The second kappa shape index (κ2) is 4.91. The number of hydrogen-bond acceptors (Lipinski definition) is 1. The third-order valence-corrected chi connectivity index (χ3v) is 3.10. The summed E-state index contributed by atoms with van der Waals surface area (Å²) in [5.41, 5.74) is 0.484. The summed E-state index contributed by atoms with van der Waals surface area (Å²) in [5, 5.41) is 3.38. The molecule has 0 amide bonds. The van der Waals surface area contributed by atoms with Crippen LogP contribution in [0, 0.1) is 11.6 Å². The summed E-state index contributed by atoms with van der Waals surface area (Å²) in [6.45, 7) is 2.81. The summed E-state index contributed by atoms with van der Waals surface area (Å²) < 4.78 is 26.5. The van der Waals surface area contributed by atoms with E-state index in [1.54, 1.807) is 12.1 Å². The first-order valence-corrected chi connectivity index (χ1v) is 5.85. The highest BCUT2D eigenvalue weighted by Crippen LogP contribution is 2.24. The Hall–Kier alpha value is -0.960. The van der Waals surface area contributed by atoms with E-state index in [1.807, 2.05) is 6.92 Å². The van der Waals surface area contributed by atoms with Gasteiger partial charge >= 0.3 is 0 Å². The van der Waals surface area contributed by atoms with Crippen LogP contribution in [-0.4, -0.2) is 12.6 Å². The molecule has 1 aromatic carbocycles. The number of rotatable bonds is 5. The molecule has 1 aliphatic carbocycles. The monoisotopic (exact) mass is 225 g/mol. The Kier molecular flexibility index (Phi) is 3.54. The van der Waals surface area contributed by atoms with Crippen molar-refractivity contribution in [1.29, 1.82) is 0 Å². The summed E-state index contributed by atoms with van der Waals surface area (Å²) in [7, 11) is 0. The number of hydrogen-bond donors (Lipinski definition) is 1. The lowest BCUT2D eigenvalue weighted by atomic mass is 9.97. The van der Waals surface area contributed by atoms with Gasteiger partial charge in [-0.3, -0.25) is 0 Å². The summed E-state index contributed by atoms with van der Waals surface area (Å²) in [4.78, 5) is 0. The zero-order chi connectivity index (χ0) is 11.5. The van der Waals surface area contributed by atoms with Crippen LogP contribution in [0.4, 0.5) is 8.78 Å². The fourth-order valence-corrected chi connectivity index (χ4v) is 1.85. The Labute approximate surface area is 94.9 Å². The Bertz CT molecular complexity index is 361. The van der Waals surface area contributed by atoms with E-state index in [0.717, 1.165) is 19.0 Å². The van der Waals surface area contributed by atoms with E-state index in [-0.39, 0.29) is 5.92 Å². The minimum absolute atomic E-state index is 0.0574. The van der Waals surface area contributed by atoms with Crippen LogP contribution in [0.5, 0.6) is 0 Å². The average Bonchev–Trinajstić information content (AvgIpc) is 3.06. The summed E-state index contributed by atoms with van der Waals surface area (Å²) in [6.07, 6.45) is 3.35. The summed E-state index contributed by atoms with van der Waals surface area (Å²) >= 11 is 0. The molecule has 1 aromatic rings. The molecule has 0 radical (unpaired) electrons. The van der Waals surface area contributed by atoms with Gasteiger partial charge in [-0.05, 0) is 43.4 Å². The van der Waals surface area contributed by atoms with Crippen molar-refractivity contribution >= 4 is 0 Å². The fraction of sp³-hybridized carbons (Fsp3) is 0.538. The lowest BCUT2D eigenvalue weighted by Gasteiger charge is -2.13. The molecule has 1 fully saturated rings. The highest BCUT2D eigenvalue weighted by atomic mass is 19.2. The first-order chi connectivity index (χ1) is 7.68. The van der Waals surface area contributed by atoms with E-state index in [9.17, 15) is 8.78 Å². The number of benzene rings is 1. The fourth-order valence-electron chi connectivity index (χ4n) is 1.85. The lowest BCUT2D eigenvalue weighted by molar-refractivity contribution is 0.483. The van der Waals surface area contributed by atoms with Crippen LogP contribution >= 0.6 is 0 Å². The molecule has 1 aliphatic rings. The molecule has 1 nitrogen and oxygen atoms in total. The minimum Gasteiger partial charge on any atom is -0.314 e. The van der Waals surface area contributed by atoms with Crippen LogP contribution in [0.25, 0.3) is 0 Å². The number of halogens is 2. The molecule has 3 heteroatoms. The maximum atomic E-state index is 13.5. The molecule has 0 saturated heterocycles. The van der Waals surface area contributed by atoms with Crippen molar-refractivity contribution < 1.29 is 8.78 Å². The molecule has 1 saturated carbocycles. The van der Waals surface area contributed by atoms with E-state index in [0.29, 0.717) is 11.6 Å². The van der Waals surface area contributed by atoms with Crippen LogP contribution in [0.2, 0.25) is 0 Å². The van der Waals surface area contributed by atoms with Crippen molar-refractivity contribution in [3.05, 3.63) is 35.4 Å². The van der Waals surface area contributed by atoms with Crippen LogP contribution in [0.15, 0.2) is 18.2 Å². The maximum Gasteiger partial charge on any atom is 0.162 e. The standard InChI is InChI=1S/C13H17F2N/c1-9(7-8-16-10-5-6-10)11-3-2-4-12(14)13(11)15/h2-4,9-10,16H,5-8H2,1H3. The molecule has 16 heavy (non-hydrogen) atoms. The molecular formula is C13H17F2N. The zero-order valence-electron chi connectivity index (χ0n) is 9.47. The van der Waals surface area contributed by atoms with Gasteiger partial charge in [0.05, 0.1) is 0 Å². The molecule has 0 aliphatic heterocycles. The van der Waals surface area contributed by atoms with Gasteiger partial charge in [0.1, 0.15) is 0 Å². The third kappa shape index (κ3) is 2.79. The maximum absolute atomic E-state index is 13.5. The van der Waals surface area contributed by atoms with Gasteiger partial charge in [-0.2, -0.15) is 0 Å². The van der Waals surface area contributed by atoms with Crippen LogP contribution < -0.4 is 5.32 Å². The van der Waals surface area contributed by atoms with E-state index >= 15 is 0 Å². The molecule has 0 aromatic heterocycles. The molecule has 0 bridgehead atoms. The van der Waals surface area contributed by atoms with E-state index in [1.165, 1.54) is 12.8 Å². The Morgan fingerprint density at radius 2 is 2.12 bits per heavy atom. The molecule has 2 rings (SSSR count). The minimum atomic E-state index is -0.750. The van der Waals surface area contributed by atoms with Gasteiger partial charge in [0.2, 0.25) is 0 Å². The lowest BCUT2D eigenvalue weighted by Crippen LogP contribution is -2.19. The highest BCUT2D eigenvalue weighted by molar-refractivity contribution is 5.22. The molecule has 0 spiro atoms. The van der Waals surface area contributed by atoms with E-state index in [4.69, 9.17) is 0 Å². The van der Waals surface area contributed by atoms with Crippen molar-refractivity contribution in [2.75, 3.05) is 6.54 Å².